The van der Waals surface area contributed by atoms with E-state index in [1.807, 2.05) is 13.0 Å². The van der Waals surface area contributed by atoms with Crippen molar-refractivity contribution >= 4 is 11.8 Å². The van der Waals surface area contributed by atoms with Gasteiger partial charge in [-0.3, -0.25) is 5.43 Å². The van der Waals surface area contributed by atoms with Gasteiger partial charge in [-0.2, -0.15) is 4.98 Å². The van der Waals surface area contributed by atoms with Crippen LogP contribution in [0.4, 0.5) is 11.8 Å². The standard InChI is InChI=1S/C11H19N5O/c1-7-4-10(14-11(13-7)15-12)16-5-8(2)17-9(3)6-16/h4,8-9H,5-6,12H2,1-3H3,(H,13,14,15). The van der Waals surface area contributed by atoms with Gasteiger partial charge in [0.15, 0.2) is 0 Å². The first-order valence-corrected chi connectivity index (χ1v) is 5.81. The number of morpholine rings is 1. The fourth-order valence-electron chi connectivity index (χ4n) is 2.14. The molecule has 2 atom stereocenters. The number of hydrazine groups is 1. The predicted octanol–water partition coefficient (Wildman–Crippen LogP) is 0.684. The monoisotopic (exact) mass is 237 g/mol. The molecule has 0 aromatic carbocycles. The lowest BCUT2D eigenvalue weighted by atomic mass is 10.2. The van der Waals surface area contributed by atoms with Gasteiger partial charge >= 0.3 is 0 Å². The molecule has 0 spiro atoms. The Labute approximate surface area is 101 Å². The highest BCUT2D eigenvalue weighted by atomic mass is 16.5. The summed E-state index contributed by atoms with van der Waals surface area (Å²) in [5, 5.41) is 0. The highest BCUT2D eigenvalue weighted by Gasteiger charge is 2.23. The maximum Gasteiger partial charge on any atom is 0.239 e. The van der Waals surface area contributed by atoms with E-state index in [0.29, 0.717) is 5.95 Å². The van der Waals surface area contributed by atoms with E-state index in [0.717, 1.165) is 24.6 Å². The summed E-state index contributed by atoms with van der Waals surface area (Å²) in [6, 6.07) is 1.96. The summed E-state index contributed by atoms with van der Waals surface area (Å²) < 4.78 is 5.70. The van der Waals surface area contributed by atoms with Crippen molar-refractivity contribution in [2.24, 2.45) is 5.84 Å². The van der Waals surface area contributed by atoms with E-state index in [1.54, 1.807) is 0 Å². The number of nitrogens with one attached hydrogen (secondary N) is 1. The van der Waals surface area contributed by atoms with Crippen molar-refractivity contribution in [3.05, 3.63) is 11.8 Å². The van der Waals surface area contributed by atoms with Gasteiger partial charge < -0.3 is 9.64 Å². The summed E-state index contributed by atoms with van der Waals surface area (Å²) in [5.41, 5.74) is 3.39. The molecule has 6 nitrogen and oxygen atoms in total. The van der Waals surface area contributed by atoms with Crippen LogP contribution in [0, 0.1) is 6.92 Å². The van der Waals surface area contributed by atoms with Crippen LogP contribution >= 0.6 is 0 Å². The molecule has 2 unspecified atom stereocenters. The Morgan fingerprint density at radius 1 is 1.35 bits per heavy atom. The zero-order valence-corrected chi connectivity index (χ0v) is 10.5. The fraction of sp³-hybridized carbons (Fsp3) is 0.636. The first-order chi connectivity index (χ1) is 8.08. The van der Waals surface area contributed by atoms with E-state index >= 15 is 0 Å². The lowest BCUT2D eigenvalue weighted by Crippen LogP contribution is -2.46. The molecule has 3 N–H and O–H groups in total. The summed E-state index contributed by atoms with van der Waals surface area (Å²) in [5.74, 6) is 6.70. The van der Waals surface area contributed by atoms with E-state index in [-0.39, 0.29) is 12.2 Å². The highest BCUT2D eigenvalue weighted by Crippen LogP contribution is 2.19. The van der Waals surface area contributed by atoms with Crippen LogP contribution in [-0.4, -0.2) is 35.3 Å². The molecule has 1 aromatic heterocycles. The smallest absolute Gasteiger partial charge is 0.239 e. The Morgan fingerprint density at radius 2 is 2.00 bits per heavy atom. The molecule has 17 heavy (non-hydrogen) atoms. The number of anilines is 2. The molecule has 1 fully saturated rings. The Kier molecular flexibility index (Phi) is 3.44. The number of hydrogen-bond donors (Lipinski definition) is 2. The van der Waals surface area contributed by atoms with Crippen molar-refractivity contribution in [3.63, 3.8) is 0 Å². The van der Waals surface area contributed by atoms with Gasteiger partial charge in [-0.05, 0) is 20.8 Å². The number of aromatic nitrogens is 2. The van der Waals surface area contributed by atoms with Gasteiger partial charge in [0, 0.05) is 24.8 Å². The van der Waals surface area contributed by atoms with Gasteiger partial charge in [0.1, 0.15) is 5.82 Å². The average Bonchev–Trinajstić information content (AvgIpc) is 2.26. The van der Waals surface area contributed by atoms with E-state index < -0.39 is 0 Å². The summed E-state index contributed by atoms with van der Waals surface area (Å²) in [4.78, 5) is 10.8. The molecule has 1 aliphatic heterocycles. The topological polar surface area (TPSA) is 76.3 Å². The van der Waals surface area contributed by atoms with E-state index in [4.69, 9.17) is 10.6 Å². The van der Waals surface area contributed by atoms with Crippen molar-refractivity contribution in [2.45, 2.75) is 33.0 Å². The first-order valence-electron chi connectivity index (χ1n) is 5.81. The Hall–Kier alpha value is -1.40. The molecular formula is C11H19N5O. The fourth-order valence-corrected chi connectivity index (χ4v) is 2.14. The minimum absolute atomic E-state index is 0.211. The van der Waals surface area contributed by atoms with Crippen molar-refractivity contribution in [1.29, 1.82) is 0 Å². The largest absolute Gasteiger partial charge is 0.372 e. The van der Waals surface area contributed by atoms with E-state index in [9.17, 15) is 0 Å². The molecule has 94 valence electrons. The second kappa shape index (κ2) is 4.85. The third kappa shape index (κ3) is 2.83. The van der Waals surface area contributed by atoms with Gasteiger partial charge in [-0.1, -0.05) is 0 Å². The molecule has 0 bridgehead atoms. The maximum atomic E-state index is 5.70. The predicted molar refractivity (Wildman–Crippen MR) is 66.8 cm³/mol. The number of nitrogen functional groups attached to an aromatic ring is 1. The molecule has 1 saturated heterocycles. The van der Waals surface area contributed by atoms with Crippen LogP contribution in [-0.2, 0) is 4.74 Å². The summed E-state index contributed by atoms with van der Waals surface area (Å²) in [6.07, 6.45) is 0.423. The SMILES string of the molecule is Cc1cc(N2CC(C)OC(C)C2)nc(NN)n1. The minimum Gasteiger partial charge on any atom is -0.372 e. The molecule has 0 radical (unpaired) electrons. The summed E-state index contributed by atoms with van der Waals surface area (Å²) in [7, 11) is 0. The molecule has 2 rings (SSSR count). The van der Waals surface area contributed by atoms with E-state index in [2.05, 4.69) is 34.1 Å². The third-order valence-electron chi connectivity index (χ3n) is 2.71. The Bertz CT molecular complexity index is 387. The van der Waals surface area contributed by atoms with E-state index in [1.165, 1.54) is 0 Å². The summed E-state index contributed by atoms with van der Waals surface area (Å²) >= 11 is 0. The molecule has 0 saturated carbocycles. The minimum atomic E-state index is 0.211. The highest BCUT2D eigenvalue weighted by molar-refractivity contribution is 5.45. The number of hydrogen-bond acceptors (Lipinski definition) is 6. The van der Waals surface area contributed by atoms with Crippen molar-refractivity contribution in [1.82, 2.24) is 9.97 Å². The van der Waals surface area contributed by atoms with Crippen LogP contribution in [0.2, 0.25) is 0 Å². The van der Waals surface area contributed by atoms with Gasteiger partial charge in [-0.15, -0.1) is 0 Å². The van der Waals surface area contributed by atoms with Crippen LogP contribution in [0.25, 0.3) is 0 Å². The molecule has 2 heterocycles. The zero-order chi connectivity index (χ0) is 12.4. The summed E-state index contributed by atoms with van der Waals surface area (Å²) in [6.45, 7) is 7.74. The van der Waals surface area contributed by atoms with Crippen molar-refractivity contribution < 1.29 is 4.74 Å². The lowest BCUT2D eigenvalue weighted by molar-refractivity contribution is -0.00546. The number of nitrogens with two attached hydrogens (primary N) is 1. The Balaban J connectivity index is 2.23. The van der Waals surface area contributed by atoms with Gasteiger partial charge in [-0.25, -0.2) is 10.8 Å². The second-order valence-electron chi connectivity index (χ2n) is 4.50. The quantitative estimate of drug-likeness (QED) is 0.582. The maximum absolute atomic E-state index is 5.70. The molecule has 0 amide bonds. The second-order valence-corrected chi connectivity index (χ2v) is 4.50. The van der Waals surface area contributed by atoms with Crippen molar-refractivity contribution in [2.75, 3.05) is 23.4 Å². The van der Waals surface area contributed by atoms with Crippen LogP contribution in [0.5, 0.6) is 0 Å². The van der Waals surface area contributed by atoms with Gasteiger partial charge in [0.05, 0.1) is 12.2 Å². The van der Waals surface area contributed by atoms with Gasteiger partial charge in [0.2, 0.25) is 5.95 Å². The van der Waals surface area contributed by atoms with Crippen LogP contribution < -0.4 is 16.2 Å². The lowest BCUT2D eigenvalue weighted by Gasteiger charge is -2.36. The third-order valence-corrected chi connectivity index (χ3v) is 2.71. The number of aryl methyl sites for hydroxylation is 1. The number of rotatable bonds is 2. The van der Waals surface area contributed by atoms with Crippen molar-refractivity contribution in [3.8, 4) is 0 Å². The number of nitrogens with zero attached hydrogens (tertiary/aromatic N) is 3. The van der Waals surface area contributed by atoms with Gasteiger partial charge in [0.25, 0.3) is 0 Å². The molecule has 6 heteroatoms. The zero-order valence-electron chi connectivity index (χ0n) is 10.5. The first kappa shape index (κ1) is 12.1. The molecule has 1 aromatic rings. The normalized spacial score (nSPS) is 24.8. The molecule has 0 aliphatic carbocycles. The molecule has 1 aliphatic rings. The average molecular weight is 237 g/mol. The van der Waals surface area contributed by atoms with Crippen LogP contribution in [0.15, 0.2) is 6.07 Å². The van der Waals surface area contributed by atoms with Crippen LogP contribution in [0.1, 0.15) is 19.5 Å². The number of ether oxygens (including phenoxy) is 1. The Morgan fingerprint density at radius 3 is 2.59 bits per heavy atom. The molecular weight excluding hydrogens is 218 g/mol. The van der Waals surface area contributed by atoms with Crippen LogP contribution in [0.3, 0.4) is 0 Å².